The van der Waals surface area contributed by atoms with Crippen LogP contribution in [0.3, 0.4) is 0 Å². The minimum atomic E-state index is -4.02. The molecule has 0 spiro atoms. The Morgan fingerprint density at radius 3 is 2.27 bits per heavy atom. The highest BCUT2D eigenvalue weighted by atomic mass is 32.2. The summed E-state index contributed by atoms with van der Waals surface area (Å²) < 4.78 is 40.4. The number of benzene rings is 3. The van der Waals surface area contributed by atoms with Gasteiger partial charge >= 0.3 is 0 Å². The maximum atomic E-state index is 13.7. The van der Waals surface area contributed by atoms with Gasteiger partial charge in [-0.3, -0.25) is 9.10 Å². The molecule has 1 aliphatic rings. The summed E-state index contributed by atoms with van der Waals surface area (Å²) in [7, 11) is -4.02. The number of nitrogens with one attached hydrogen (secondary N) is 1. The van der Waals surface area contributed by atoms with Crippen LogP contribution in [0.5, 0.6) is 11.5 Å². The van der Waals surface area contributed by atoms with Gasteiger partial charge in [-0.25, -0.2) is 8.42 Å². The zero-order chi connectivity index (χ0) is 26.5. The number of para-hydroxylation sites is 2. The molecule has 0 bridgehead atoms. The Labute approximate surface area is 219 Å². The Balaban J connectivity index is 1.62. The van der Waals surface area contributed by atoms with Gasteiger partial charge in [-0.15, -0.1) is 0 Å². The second-order valence-electron chi connectivity index (χ2n) is 9.11. The second-order valence-corrected chi connectivity index (χ2v) is 11.0. The van der Waals surface area contributed by atoms with E-state index in [-0.39, 0.29) is 29.0 Å². The molecule has 0 unspecified atom stereocenters. The molecule has 8 heteroatoms. The molecule has 196 valence electrons. The Morgan fingerprint density at radius 1 is 0.973 bits per heavy atom. The van der Waals surface area contributed by atoms with E-state index in [4.69, 9.17) is 9.47 Å². The van der Waals surface area contributed by atoms with Crippen LogP contribution in [0.2, 0.25) is 0 Å². The number of hydrogen-bond acceptors (Lipinski definition) is 5. The Hall–Kier alpha value is -3.52. The van der Waals surface area contributed by atoms with E-state index in [0.717, 1.165) is 28.5 Å². The normalized spacial score (nSPS) is 16.2. The summed E-state index contributed by atoms with van der Waals surface area (Å²) in [6.07, 6.45) is 2.21. The lowest BCUT2D eigenvalue weighted by Gasteiger charge is -2.41. The SMILES string of the molecule is CCOc1ccc(S(=O)(=O)N(CC(=O)N[C@@H]2CC(CC)(CC)Oc3ccccc32)c2ccccc2)cc1. The number of rotatable bonds is 10. The van der Waals surface area contributed by atoms with Crippen LogP contribution in [0.15, 0.2) is 83.8 Å². The van der Waals surface area contributed by atoms with Crippen LogP contribution in [-0.4, -0.2) is 33.1 Å². The number of carbonyl (C=O) groups excluding carboxylic acids is 1. The van der Waals surface area contributed by atoms with E-state index in [1.807, 2.05) is 31.2 Å². The highest BCUT2D eigenvalue weighted by Gasteiger charge is 2.39. The fraction of sp³-hybridized carbons (Fsp3) is 0.345. The van der Waals surface area contributed by atoms with Crippen molar-refractivity contribution in [2.24, 2.45) is 0 Å². The van der Waals surface area contributed by atoms with Gasteiger partial charge in [0.1, 0.15) is 23.6 Å². The molecule has 0 radical (unpaired) electrons. The van der Waals surface area contributed by atoms with Gasteiger partial charge in [0.25, 0.3) is 10.0 Å². The summed E-state index contributed by atoms with van der Waals surface area (Å²) in [5.41, 5.74) is 0.921. The lowest BCUT2D eigenvalue weighted by Crippen LogP contribution is -2.47. The van der Waals surface area contributed by atoms with Crippen LogP contribution in [0, 0.1) is 0 Å². The zero-order valence-corrected chi connectivity index (χ0v) is 22.3. The van der Waals surface area contributed by atoms with E-state index < -0.39 is 10.0 Å². The molecule has 4 rings (SSSR count). The molecule has 0 aromatic heterocycles. The van der Waals surface area contributed by atoms with Crippen LogP contribution in [0.1, 0.15) is 51.6 Å². The summed E-state index contributed by atoms with van der Waals surface area (Å²) in [5.74, 6) is 0.949. The summed E-state index contributed by atoms with van der Waals surface area (Å²) >= 11 is 0. The van der Waals surface area contributed by atoms with E-state index in [9.17, 15) is 13.2 Å². The van der Waals surface area contributed by atoms with Gasteiger partial charge in [0, 0.05) is 12.0 Å². The van der Waals surface area contributed by atoms with E-state index in [1.165, 1.54) is 12.1 Å². The number of amides is 1. The van der Waals surface area contributed by atoms with Crippen molar-refractivity contribution >= 4 is 21.6 Å². The maximum Gasteiger partial charge on any atom is 0.264 e. The third-order valence-electron chi connectivity index (χ3n) is 6.88. The number of ether oxygens (including phenoxy) is 2. The van der Waals surface area contributed by atoms with Crippen LogP contribution >= 0.6 is 0 Å². The van der Waals surface area contributed by atoms with E-state index >= 15 is 0 Å². The lowest BCUT2D eigenvalue weighted by molar-refractivity contribution is -0.121. The number of nitrogens with zero attached hydrogens (tertiary/aromatic N) is 1. The first kappa shape index (κ1) is 26.5. The van der Waals surface area contributed by atoms with Gasteiger partial charge in [-0.2, -0.15) is 0 Å². The van der Waals surface area contributed by atoms with Gasteiger partial charge in [-0.05, 0) is 62.2 Å². The molecule has 3 aromatic carbocycles. The fourth-order valence-electron chi connectivity index (χ4n) is 4.71. The van der Waals surface area contributed by atoms with Crippen molar-refractivity contribution in [1.82, 2.24) is 5.32 Å². The van der Waals surface area contributed by atoms with Gasteiger partial charge in [-0.1, -0.05) is 50.2 Å². The van der Waals surface area contributed by atoms with Crippen LogP contribution in [-0.2, 0) is 14.8 Å². The van der Waals surface area contributed by atoms with Crippen molar-refractivity contribution in [2.75, 3.05) is 17.5 Å². The first-order valence-corrected chi connectivity index (χ1v) is 14.1. The van der Waals surface area contributed by atoms with Gasteiger partial charge in [0.15, 0.2) is 0 Å². The molecule has 7 nitrogen and oxygen atoms in total. The number of anilines is 1. The van der Waals surface area contributed by atoms with Gasteiger partial charge < -0.3 is 14.8 Å². The monoisotopic (exact) mass is 522 g/mol. The predicted molar refractivity (Wildman–Crippen MR) is 144 cm³/mol. The molecule has 1 N–H and O–H groups in total. The second kappa shape index (κ2) is 11.3. The summed E-state index contributed by atoms with van der Waals surface area (Å²) in [4.78, 5) is 13.5. The summed E-state index contributed by atoms with van der Waals surface area (Å²) in [6.45, 7) is 6.15. The molecule has 37 heavy (non-hydrogen) atoms. The van der Waals surface area contributed by atoms with Crippen molar-refractivity contribution in [3.8, 4) is 11.5 Å². The minimum absolute atomic E-state index is 0.0833. The lowest BCUT2D eigenvalue weighted by atomic mass is 9.83. The molecular weight excluding hydrogens is 488 g/mol. The topological polar surface area (TPSA) is 84.9 Å². The van der Waals surface area contributed by atoms with Crippen molar-refractivity contribution in [3.63, 3.8) is 0 Å². The first-order valence-electron chi connectivity index (χ1n) is 12.7. The molecule has 0 fully saturated rings. The van der Waals surface area contributed by atoms with E-state index in [0.29, 0.717) is 24.5 Å². The minimum Gasteiger partial charge on any atom is -0.494 e. The highest BCUT2D eigenvalue weighted by molar-refractivity contribution is 7.92. The maximum absolute atomic E-state index is 13.7. The molecule has 1 atom stereocenters. The molecule has 0 saturated carbocycles. The first-order chi connectivity index (χ1) is 17.8. The number of hydrogen-bond donors (Lipinski definition) is 1. The fourth-order valence-corrected chi connectivity index (χ4v) is 6.13. The van der Waals surface area contributed by atoms with Gasteiger partial charge in [0.2, 0.25) is 5.91 Å². The smallest absolute Gasteiger partial charge is 0.264 e. The molecule has 0 saturated heterocycles. The highest BCUT2D eigenvalue weighted by Crippen LogP contribution is 2.42. The van der Waals surface area contributed by atoms with Crippen molar-refractivity contribution in [3.05, 3.63) is 84.4 Å². The van der Waals surface area contributed by atoms with Gasteiger partial charge in [0.05, 0.1) is 23.2 Å². The van der Waals surface area contributed by atoms with Crippen molar-refractivity contribution in [2.45, 2.75) is 56.6 Å². The quantitative estimate of drug-likeness (QED) is 0.381. The largest absolute Gasteiger partial charge is 0.494 e. The van der Waals surface area contributed by atoms with Crippen LogP contribution in [0.25, 0.3) is 0 Å². The number of sulfonamides is 1. The summed E-state index contributed by atoms with van der Waals surface area (Å²) in [5, 5.41) is 3.10. The molecular formula is C29H34N2O5S. The standard InChI is InChI=1S/C29H34N2O5S/c1-4-29(5-2)20-26(25-14-10-11-15-27(25)36-29)30-28(32)21-31(22-12-8-7-9-13-22)37(33,34)24-18-16-23(17-19-24)35-6-3/h7-19,26H,4-6,20-21H2,1-3H3,(H,30,32)/t26-/m1/s1. The van der Waals surface area contributed by atoms with Crippen molar-refractivity contribution < 1.29 is 22.7 Å². The number of carbonyl (C=O) groups is 1. The third kappa shape index (κ3) is 5.74. The predicted octanol–water partition coefficient (Wildman–Crippen LogP) is 5.48. The third-order valence-corrected chi connectivity index (χ3v) is 8.66. The Morgan fingerprint density at radius 2 is 1.62 bits per heavy atom. The molecule has 1 heterocycles. The van der Waals surface area contributed by atoms with E-state index in [1.54, 1.807) is 42.5 Å². The van der Waals surface area contributed by atoms with Crippen LogP contribution < -0.4 is 19.1 Å². The average molecular weight is 523 g/mol. The Kier molecular flexibility index (Phi) is 8.07. The van der Waals surface area contributed by atoms with Crippen molar-refractivity contribution in [1.29, 1.82) is 0 Å². The van der Waals surface area contributed by atoms with E-state index in [2.05, 4.69) is 19.2 Å². The number of fused-ring (bicyclic) bond motifs is 1. The molecule has 1 aliphatic heterocycles. The average Bonchev–Trinajstić information content (AvgIpc) is 2.92. The molecule has 1 amide bonds. The molecule has 0 aliphatic carbocycles. The summed E-state index contributed by atoms with van der Waals surface area (Å²) in [6, 6.07) is 22.3. The Bertz CT molecular complexity index is 1310. The zero-order valence-electron chi connectivity index (χ0n) is 21.5. The molecule has 3 aromatic rings. The van der Waals surface area contributed by atoms with Crippen LogP contribution in [0.4, 0.5) is 5.69 Å².